The van der Waals surface area contributed by atoms with E-state index in [4.69, 9.17) is 0 Å². The maximum atomic E-state index is 13.7. The fraction of sp³-hybridized carbons (Fsp3) is 0.0526. The molecule has 0 fully saturated rings. The van der Waals surface area contributed by atoms with Crippen LogP contribution in [0.5, 0.6) is 0 Å². The van der Waals surface area contributed by atoms with E-state index in [0.29, 0.717) is 5.69 Å². The van der Waals surface area contributed by atoms with Crippen LogP contribution in [0.2, 0.25) is 0 Å². The maximum Gasteiger partial charge on any atom is 0.257 e. The van der Waals surface area contributed by atoms with E-state index < -0.39 is 29.0 Å². The maximum absolute atomic E-state index is 13.7. The fourth-order valence-corrected chi connectivity index (χ4v) is 2.25. The van der Waals surface area contributed by atoms with Crippen LogP contribution in [-0.2, 0) is 0 Å². The average molecular weight is 357 g/mol. The minimum Gasteiger partial charge on any atom is -0.354 e. The molecule has 0 saturated carbocycles. The van der Waals surface area contributed by atoms with Crippen LogP contribution in [-0.4, -0.2) is 10.9 Å². The Balaban J connectivity index is 1.78. The SMILES string of the molecule is Cc1ccc(Nc2cncc(C(=O)Nc3ccc(F)c(F)c3F)c2)cc1. The molecule has 4 nitrogen and oxygen atoms in total. The molecule has 0 radical (unpaired) electrons. The van der Waals surface area contributed by atoms with Crippen LogP contribution < -0.4 is 10.6 Å². The van der Waals surface area contributed by atoms with Crippen LogP contribution in [0.15, 0.2) is 54.9 Å². The number of rotatable bonds is 4. The number of hydrogen-bond donors (Lipinski definition) is 2. The molecule has 2 N–H and O–H groups in total. The number of nitrogens with one attached hydrogen (secondary N) is 2. The zero-order valence-electron chi connectivity index (χ0n) is 13.7. The number of halogens is 3. The summed E-state index contributed by atoms with van der Waals surface area (Å²) >= 11 is 0. The van der Waals surface area contributed by atoms with Gasteiger partial charge in [0.1, 0.15) is 0 Å². The first-order valence-electron chi connectivity index (χ1n) is 7.67. The molecule has 3 aromatic rings. The van der Waals surface area contributed by atoms with Crippen LogP contribution in [0.1, 0.15) is 15.9 Å². The van der Waals surface area contributed by atoms with Crippen molar-refractivity contribution in [3.63, 3.8) is 0 Å². The largest absolute Gasteiger partial charge is 0.354 e. The second-order valence-corrected chi connectivity index (χ2v) is 5.63. The molecule has 3 rings (SSSR count). The van der Waals surface area contributed by atoms with Crippen molar-refractivity contribution in [3.05, 3.63) is 83.4 Å². The molecule has 0 atom stereocenters. The molecule has 1 amide bonds. The number of benzene rings is 2. The van der Waals surface area contributed by atoms with Crippen LogP contribution in [0.3, 0.4) is 0 Å². The molecule has 0 saturated heterocycles. The highest BCUT2D eigenvalue weighted by Gasteiger charge is 2.16. The van der Waals surface area contributed by atoms with Crippen molar-refractivity contribution in [2.24, 2.45) is 0 Å². The molecular weight excluding hydrogens is 343 g/mol. The van der Waals surface area contributed by atoms with E-state index in [9.17, 15) is 18.0 Å². The Bertz CT molecular complexity index is 959. The lowest BCUT2D eigenvalue weighted by Gasteiger charge is -2.10. The van der Waals surface area contributed by atoms with Gasteiger partial charge in [0.2, 0.25) is 0 Å². The van der Waals surface area contributed by atoms with Crippen LogP contribution >= 0.6 is 0 Å². The molecule has 0 aliphatic carbocycles. The summed E-state index contributed by atoms with van der Waals surface area (Å²) in [7, 11) is 0. The lowest BCUT2D eigenvalue weighted by Crippen LogP contribution is -2.14. The molecule has 0 spiro atoms. The highest BCUT2D eigenvalue weighted by Crippen LogP contribution is 2.21. The lowest BCUT2D eigenvalue weighted by atomic mass is 10.2. The summed E-state index contributed by atoms with van der Waals surface area (Å²) in [4.78, 5) is 16.2. The number of anilines is 3. The van der Waals surface area contributed by atoms with Gasteiger partial charge in [0, 0.05) is 11.9 Å². The van der Waals surface area contributed by atoms with E-state index in [0.717, 1.165) is 23.4 Å². The van der Waals surface area contributed by atoms with Gasteiger partial charge < -0.3 is 10.6 Å². The summed E-state index contributed by atoms with van der Waals surface area (Å²) in [5, 5.41) is 5.30. The Labute approximate surface area is 147 Å². The topological polar surface area (TPSA) is 54.0 Å². The predicted octanol–water partition coefficient (Wildman–Crippen LogP) is 4.80. The first kappa shape index (κ1) is 17.5. The van der Waals surface area contributed by atoms with Gasteiger partial charge in [-0.2, -0.15) is 0 Å². The first-order valence-corrected chi connectivity index (χ1v) is 7.67. The quantitative estimate of drug-likeness (QED) is 0.659. The molecule has 2 aromatic carbocycles. The van der Waals surface area contributed by atoms with Gasteiger partial charge in [-0.3, -0.25) is 9.78 Å². The standard InChI is InChI=1S/C19H14F3N3O/c1-11-2-4-13(5-3-11)24-14-8-12(9-23-10-14)19(26)25-16-7-6-15(20)17(21)18(16)22/h2-10,24H,1H3,(H,25,26). The van der Waals surface area contributed by atoms with Crippen molar-refractivity contribution in [2.45, 2.75) is 6.92 Å². The Hall–Kier alpha value is -3.35. The molecule has 1 heterocycles. The number of carbonyl (C=O) groups excluding carboxylic acids is 1. The number of pyridine rings is 1. The Morgan fingerprint density at radius 2 is 1.65 bits per heavy atom. The molecule has 0 unspecified atom stereocenters. The molecule has 7 heteroatoms. The van der Waals surface area contributed by atoms with Gasteiger partial charge in [-0.05, 0) is 37.3 Å². The second-order valence-electron chi connectivity index (χ2n) is 5.63. The molecule has 1 aromatic heterocycles. The molecule has 132 valence electrons. The van der Waals surface area contributed by atoms with Crippen molar-refractivity contribution in [3.8, 4) is 0 Å². The van der Waals surface area contributed by atoms with Crippen molar-refractivity contribution in [1.82, 2.24) is 4.98 Å². The van der Waals surface area contributed by atoms with Gasteiger partial charge in [0.05, 0.1) is 23.1 Å². The van der Waals surface area contributed by atoms with Crippen LogP contribution in [0.4, 0.5) is 30.2 Å². The summed E-state index contributed by atoms with van der Waals surface area (Å²) < 4.78 is 39.9. The van der Waals surface area contributed by atoms with Gasteiger partial charge >= 0.3 is 0 Å². The third-order valence-electron chi connectivity index (χ3n) is 3.62. The first-order chi connectivity index (χ1) is 12.4. The molecule has 26 heavy (non-hydrogen) atoms. The van der Waals surface area contributed by atoms with Crippen molar-refractivity contribution in [2.75, 3.05) is 10.6 Å². The van der Waals surface area contributed by atoms with Gasteiger partial charge in [-0.25, -0.2) is 13.2 Å². The Morgan fingerprint density at radius 1 is 0.923 bits per heavy atom. The van der Waals surface area contributed by atoms with Crippen molar-refractivity contribution < 1.29 is 18.0 Å². The minimum atomic E-state index is -1.64. The Morgan fingerprint density at radius 3 is 2.38 bits per heavy atom. The molecular formula is C19H14F3N3O. The highest BCUT2D eigenvalue weighted by atomic mass is 19.2. The number of carbonyl (C=O) groups is 1. The summed E-state index contributed by atoms with van der Waals surface area (Å²) in [6, 6.07) is 10.8. The van der Waals surface area contributed by atoms with E-state index in [1.165, 1.54) is 18.5 Å². The normalized spacial score (nSPS) is 10.5. The summed E-state index contributed by atoms with van der Waals surface area (Å²) in [6.07, 6.45) is 2.81. The van der Waals surface area contributed by atoms with Gasteiger partial charge in [-0.15, -0.1) is 0 Å². The number of nitrogens with zero attached hydrogens (tertiary/aromatic N) is 1. The van der Waals surface area contributed by atoms with Crippen molar-refractivity contribution in [1.29, 1.82) is 0 Å². The van der Waals surface area contributed by atoms with E-state index in [1.54, 1.807) is 0 Å². The van der Waals surface area contributed by atoms with E-state index >= 15 is 0 Å². The van der Waals surface area contributed by atoms with Crippen LogP contribution in [0.25, 0.3) is 0 Å². The fourth-order valence-electron chi connectivity index (χ4n) is 2.25. The van der Waals surface area contributed by atoms with Crippen LogP contribution in [0, 0.1) is 24.4 Å². The number of hydrogen-bond acceptors (Lipinski definition) is 3. The third kappa shape index (κ3) is 3.83. The van der Waals surface area contributed by atoms with Gasteiger partial charge in [0.15, 0.2) is 17.5 Å². The monoisotopic (exact) mass is 357 g/mol. The number of amides is 1. The van der Waals surface area contributed by atoms with Gasteiger partial charge in [0.25, 0.3) is 5.91 Å². The summed E-state index contributed by atoms with van der Waals surface area (Å²) in [6.45, 7) is 1.97. The molecule has 0 aliphatic heterocycles. The highest BCUT2D eigenvalue weighted by molar-refractivity contribution is 6.04. The number of aromatic nitrogens is 1. The molecule has 0 bridgehead atoms. The zero-order chi connectivity index (χ0) is 18.7. The lowest BCUT2D eigenvalue weighted by molar-refractivity contribution is 0.102. The Kier molecular flexibility index (Phi) is 4.88. The minimum absolute atomic E-state index is 0.131. The summed E-state index contributed by atoms with van der Waals surface area (Å²) in [5.74, 6) is -5.13. The van der Waals surface area contributed by atoms with E-state index in [1.807, 2.05) is 31.2 Å². The molecule has 0 aliphatic rings. The van der Waals surface area contributed by atoms with E-state index in [2.05, 4.69) is 15.6 Å². The second kappa shape index (κ2) is 7.26. The third-order valence-corrected chi connectivity index (χ3v) is 3.62. The van der Waals surface area contributed by atoms with E-state index in [-0.39, 0.29) is 5.56 Å². The smallest absolute Gasteiger partial charge is 0.257 e. The van der Waals surface area contributed by atoms with Crippen molar-refractivity contribution >= 4 is 23.0 Å². The average Bonchev–Trinajstić information content (AvgIpc) is 2.64. The number of aryl methyl sites for hydroxylation is 1. The predicted molar refractivity (Wildman–Crippen MR) is 93.0 cm³/mol. The van der Waals surface area contributed by atoms with Gasteiger partial charge in [-0.1, -0.05) is 17.7 Å². The zero-order valence-corrected chi connectivity index (χ0v) is 13.7. The summed E-state index contributed by atoms with van der Waals surface area (Å²) in [5.41, 5.74) is 2.14.